The minimum Gasteiger partial charge on any atom is -0.467 e. The quantitative estimate of drug-likeness (QED) is 0.177. The van der Waals surface area contributed by atoms with E-state index in [1.807, 2.05) is 18.2 Å². The van der Waals surface area contributed by atoms with Gasteiger partial charge in [0, 0.05) is 35.2 Å². The molecule has 0 fully saturated rings. The largest absolute Gasteiger partial charge is 0.467 e. The molecule has 0 saturated carbocycles. The lowest BCUT2D eigenvalue weighted by Crippen LogP contribution is -2.24. The molecule has 0 aliphatic rings. The van der Waals surface area contributed by atoms with Gasteiger partial charge < -0.3 is 8.94 Å². The number of hydrogen-bond donors (Lipinski definition) is 0. The topological polar surface area (TPSA) is 99.8 Å². The van der Waals surface area contributed by atoms with Crippen molar-refractivity contribution in [3.8, 4) is 11.4 Å². The molecule has 0 N–H and O–H groups in total. The van der Waals surface area contributed by atoms with Gasteiger partial charge in [0.15, 0.2) is 5.16 Å². The van der Waals surface area contributed by atoms with Crippen molar-refractivity contribution in [1.29, 1.82) is 0 Å². The van der Waals surface area contributed by atoms with E-state index < -0.39 is 0 Å². The summed E-state index contributed by atoms with van der Waals surface area (Å²) >= 11 is 7.62. The molecule has 0 spiro atoms. The van der Waals surface area contributed by atoms with Crippen LogP contribution in [0.3, 0.4) is 0 Å². The average molecular weight is 480 g/mol. The van der Waals surface area contributed by atoms with Crippen LogP contribution in [0.1, 0.15) is 18.1 Å². The van der Waals surface area contributed by atoms with Crippen LogP contribution in [-0.2, 0) is 13.0 Å². The number of pyridine rings is 1. The molecule has 0 radical (unpaired) electrons. The highest BCUT2D eigenvalue weighted by atomic mass is 35.5. The number of aromatic nitrogens is 5. The normalized spacial score (nSPS) is 11.3. The zero-order valence-corrected chi connectivity index (χ0v) is 18.9. The summed E-state index contributed by atoms with van der Waals surface area (Å²) < 4.78 is 12.5. The van der Waals surface area contributed by atoms with E-state index in [9.17, 15) is 4.79 Å². The molecule has 0 amide bonds. The van der Waals surface area contributed by atoms with Gasteiger partial charge >= 0.3 is 0 Å². The smallest absolute Gasteiger partial charge is 0.262 e. The molecule has 0 atom stereocenters. The van der Waals surface area contributed by atoms with Gasteiger partial charge in [-0.05, 0) is 48.9 Å². The Balaban J connectivity index is 1.32. The lowest BCUT2D eigenvalue weighted by atomic mass is 10.2. The first-order valence-corrected chi connectivity index (χ1v) is 11.6. The van der Waals surface area contributed by atoms with Crippen LogP contribution in [0.25, 0.3) is 22.3 Å². The fraction of sp³-hybridized carbons (Fsp3) is 0.174. The van der Waals surface area contributed by atoms with Crippen LogP contribution in [0.15, 0.2) is 80.0 Å². The molecule has 166 valence electrons. The molecular formula is C23H18ClN5O3S. The number of rotatable bonds is 8. The van der Waals surface area contributed by atoms with Crippen LogP contribution in [-0.4, -0.2) is 30.4 Å². The maximum absolute atomic E-state index is 13.2. The monoisotopic (exact) mass is 479 g/mol. The summed E-state index contributed by atoms with van der Waals surface area (Å²) in [5, 5.41) is 5.69. The van der Waals surface area contributed by atoms with E-state index >= 15 is 0 Å². The summed E-state index contributed by atoms with van der Waals surface area (Å²) in [6.07, 6.45) is 6.35. The molecule has 5 rings (SSSR count). The van der Waals surface area contributed by atoms with E-state index in [0.717, 1.165) is 12.0 Å². The van der Waals surface area contributed by atoms with Gasteiger partial charge in [0.25, 0.3) is 5.56 Å². The summed E-state index contributed by atoms with van der Waals surface area (Å²) in [5.41, 5.74) is 1.30. The van der Waals surface area contributed by atoms with E-state index in [4.69, 9.17) is 25.5 Å². The number of halogens is 1. The second-order valence-corrected chi connectivity index (χ2v) is 8.72. The summed E-state index contributed by atoms with van der Waals surface area (Å²) in [6, 6.07) is 12.4. The van der Waals surface area contributed by atoms with E-state index in [2.05, 4.69) is 15.1 Å². The standard InChI is InChI=1S/C23H18ClN5O3S/c24-16-5-6-18-19(13-16)26-23(29(22(18)30)14-17-3-1-11-31-17)33-12-2-4-20-27-21(28-32-20)15-7-9-25-10-8-15/h1,3,5-11,13H,2,4,12,14H2. The van der Waals surface area contributed by atoms with E-state index in [1.54, 1.807) is 47.5 Å². The summed E-state index contributed by atoms with van der Waals surface area (Å²) in [5.74, 6) is 2.50. The molecule has 0 saturated heterocycles. The molecule has 0 aliphatic heterocycles. The van der Waals surface area contributed by atoms with Crippen LogP contribution in [0.4, 0.5) is 0 Å². The average Bonchev–Trinajstić information content (AvgIpc) is 3.52. The van der Waals surface area contributed by atoms with E-state index in [1.165, 1.54) is 11.8 Å². The molecule has 4 aromatic heterocycles. The third-order valence-corrected chi connectivity index (χ3v) is 6.25. The highest BCUT2D eigenvalue weighted by molar-refractivity contribution is 7.99. The molecule has 4 heterocycles. The summed E-state index contributed by atoms with van der Waals surface area (Å²) in [7, 11) is 0. The van der Waals surface area contributed by atoms with Crippen molar-refractivity contribution in [3.05, 3.63) is 88.1 Å². The zero-order valence-electron chi connectivity index (χ0n) is 17.3. The molecule has 33 heavy (non-hydrogen) atoms. The fourth-order valence-corrected chi connectivity index (χ4v) is 4.45. The lowest BCUT2D eigenvalue weighted by molar-refractivity contribution is 0.378. The maximum atomic E-state index is 13.2. The first-order chi connectivity index (χ1) is 16.2. The molecule has 8 nitrogen and oxygen atoms in total. The van der Waals surface area contributed by atoms with Crippen molar-refractivity contribution in [3.63, 3.8) is 0 Å². The van der Waals surface area contributed by atoms with Gasteiger partial charge in [-0.2, -0.15) is 4.98 Å². The Kier molecular flexibility index (Phi) is 6.23. The van der Waals surface area contributed by atoms with Crippen LogP contribution < -0.4 is 5.56 Å². The summed E-state index contributed by atoms with van der Waals surface area (Å²) in [6.45, 7) is 0.304. The Hall–Kier alpha value is -3.43. The maximum Gasteiger partial charge on any atom is 0.262 e. The molecule has 10 heteroatoms. The Labute approximate surface area is 197 Å². The Bertz CT molecular complexity index is 1430. The number of benzene rings is 1. The Morgan fingerprint density at radius 1 is 1.09 bits per heavy atom. The zero-order chi connectivity index (χ0) is 22.6. The number of thioether (sulfide) groups is 1. The predicted octanol–water partition coefficient (Wildman–Crippen LogP) is 4.86. The van der Waals surface area contributed by atoms with Crippen molar-refractivity contribution in [2.75, 3.05) is 5.75 Å². The van der Waals surface area contributed by atoms with Crippen molar-refractivity contribution in [1.82, 2.24) is 24.7 Å². The minimum atomic E-state index is -0.130. The van der Waals surface area contributed by atoms with Gasteiger partial charge in [0.1, 0.15) is 5.76 Å². The van der Waals surface area contributed by atoms with Crippen molar-refractivity contribution >= 4 is 34.3 Å². The number of fused-ring (bicyclic) bond motifs is 1. The van der Waals surface area contributed by atoms with Crippen LogP contribution in [0, 0.1) is 0 Å². The first-order valence-electron chi connectivity index (χ1n) is 10.3. The van der Waals surface area contributed by atoms with Crippen LogP contribution in [0.5, 0.6) is 0 Å². The second-order valence-electron chi connectivity index (χ2n) is 7.23. The highest BCUT2D eigenvalue weighted by Gasteiger charge is 2.14. The lowest BCUT2D eigenvalue weighted by Gasteiger charge is -2.12. The van der Waals surface area contributed by atoms with E-state index in [0.29, 0.717) is 57.3 Å². The first kappa shape index (κ1) is 21.4. The minimum absolute atomic E-state index is 0.130. The molecule has 0 bridgehead atoms. The van der Waals surface area contributed by atoms with Crippen molar-refractivity contribution < 1.29 is 8.94 Å². The predicted molar refractivity (Wildman–Crippen MR) is 125 cm³/mol. The molecule has 5 aromatic rings. The third kappa shape index (κ3) is 4.84. The third-order valence-electron chi connectivity index (χ3n) is 4.95. The highest BCUT2D eigenvalue weighted by Crippen LogP contribution is 2.23. The fourth-order valence-electron chi connectivity index (χ4n) is 3.34. The number of aryl methyl sites for hydroxylation is 1. The van der Waals surface area contributed by atoms with Gasteiger partial charge in [-0.15, -0.1) is 0 Å². The molecule has 0 aliphatic carbocycles. The van der Waals surface area contributed by atoms with Crippen molar-refractivity contribution in [2.24, 2.45) is 0 Å². The Morgan fingerprint density at radius 3 is 2.79 bits per heavy atom. The number of hydrogen-bond acceptors (Lipinski definition) is 8. The van der Waals surface area contributed by atoms with Gasteiger partial charge in [-0.25, -0.2) is 4.98 Å². The molecule has 1 aromatic carbocycles. The van der Waals surface area contributed by atoms with Gasteiger partial charge in [0.2, 0.25) is 11.7 Å². The van der Waals surface area contributed by atoms with Gasteiger partial charge in [0.05, 0.1) is 23.7 Å². The molecule has 0 unspecified atom stereocenters. The molecular weight excluding hydrogens is 462 g/mol. The van der Waals surface area contributed by atoms with E-state index in [-0.39, 0.29) is 5.56 Å². The van der Waals surface area contributed by atoms with Gasteiger partial charge in [-0.3, -0.25) is 14.3 Å². The number of nitrogens with zero attached hydrogens (tertiary/aromatic N) is 5. The summed E-state index contributed by atoms with van der Waals surface area (Å²) in [4.78, 5) is 26.3. The second kappa shape index (κ2) is 9.60. The Morgan fingerprint density at radius 2 is 1.97 bits per heavy atom. The number of furan rings is 1. The van der Waals surface area contributed by atoms with Crippen LogP contribution in [0.2, 0.25) is 5.02 Å². The SMILES string of the molecule is O=c1c2ccc(Cl)cc2nc(SCCCc2nc(-c3ccncc3)no2)n1Cc1ccco1. The van der Waals surface area contributed by atoms with Gasteiger partial charge in [-0.1, -0.05) is 28.5 Å². The van der Waals surface area contributed by atoms with Crippen molar-refractivity contribution in [2.45, 2.75) is 24.5 Å². The van der Waals surface area contributed by atoms with Crippen LogP contribution >= 0.6 is 23.4 Å².